The Morgan fingerprint density at radius 1 is 1.11 bits per heavy atom. The lowest BCUT2D eigenvalue weighted by Crippen LogP contribution is -2.14. The smallest absolute Gasteiger partial charge is 0.266 e. The van der Waals surface area contributed by atoms with Crippen molar-refractivity contribution in [2.45, 2.75) is 11.8 Å². The van der Waals surface area contributed by atoms with E-state index in [0.717, 1.165) is 22.2 Å². The molecular weight excluding hydrogens is 384 g/mol. The fraction of sp³-hybridized carbons (Fsp3) is 0.105. The number of H-pyrrole nitrogens is 1. The summed E-state index contributed by atoms with van der Waals surface area (Å²) in [5, 5.41) is 5.21. The average molecular weight is 401 g/mol. The lowest BCUT2D eigenvalue weighted by atomic mass is 10.1. The van der Waals surface area contributed by atoms with Crippen LogP contribution in [0.2, 0.25) is 5.15 Å². The first-order valence-corrected chi connectivity index (χ1v) is 10.1. The van der Waals surface area contributed by atoms with Crippen LogP contribution in [0.4, 0.5) is 5.69 Å². The molecule has 0 saturated heterocycles. The minimum atomic E-state index is -3.89. The molecule has 2 aromatic carbocycles. The topological polar surface area (TPSA) is 79.8 Å². The maximum absolute atomic E-state index is 13.0. The van der Waals surface area contributed by atoms with Crippen molar-refractivity contribution < 1.29 is 8.42 Å². The van der Waals surface area contributed by atoms with Gasteiger partial charge < -0.3 is 4.98 Å². The van der Waals surface area contributed by atoms with E-state index in [1.807, 2.05) is 42.5 Å². The zero-order valence-corrected chi connectivity index (χ0v) is 16.3. The van der Waals surface area contributed by atoms with Gasteiger partial charge in [0.2, 0.25) is 0 Å². The molecule has 0 fully saturated rings. The Balaban J connectivity index is 1.79. The highest BCUT2D eigenvalue weighted by Gasteiger charge is 2.26. The molecule has 0 atom stereocenters. The van der Waals surface area contributed by atoms with Crippen LogP contribution in [0.1, 0.15) is 5.69 Å². The standard InChI is InChI=1S/C19H17ClN4O2S/c1-12-18(19(20)24(2)22-12)27(25,26)23-16-10-6-4-8-14(16)17-11-13-7-3-5-9-15(13)21-17/h3-11,21,23H,1-2H3. The Bertz CT molecular complexity index is 1220. The number of aromatic nitrogens is 3. The third-order valence-electron chi connectivity index (χ3n) is 4.36. The maximum atomic E-state index is 13.0. The summed E-state index contributed by atoms with van der Waals surface area (Å²) >= 11 is 6.15. The number of para-hydroxylation sites is 2. The normalized spacial score (nSPS) is 11.8. The van der Waals surface area contributed by atoms with E-state index in [9.17, 15) is 8.42 Å². The fourth-order valence-electron chi connectivity index (χ4n) is 3.14. The molecule has 0 spiro atoms. The first kappa shape index (κ1) is 17.6. The second-order valence-electron chi connectivity index (χ2n) is 6.25. The van der Waals surface area contributed by atoms with Crippen molar-refractivity contribution in [2.24, 2.45) is 7.05 Å². The van der Waals surface area contributed by atoms with Crippen molar-refractivity contribution in [1.29, 1.82) is 0 Å². The van der Waals surface area contributed by atoms with E-state index in [1.165, 1.54) is 4.68 Å². The summed E-state index contributed by atoms with van der Waals surface area (Å²) in [6.45, 7) is 1.62. The predicted molar refractivity (Wildman–Crippen MR) is 107 cm³/mol. The van der Waals surface area contributed by atoms with E-state index in [0.29, 0.717) is 11.4 Å². The molecule has 0 radical (unpaired) electrons. The molecule has 2 N–H and O–H groups in total. The third-order valence-corrected chi connectivity index (χ3v) is 6.42. The molecule has 4 aromatic rings. The number of nitrogens with one attached hydrogen (secondary N) is 2. The van der Waals surface area contributed by atoms with Crippen LogP contribution in [0, 0.1) is 6.92 Å². The number of halogens is 1. The lowest BCUT2D eigenvalue weighted by molar-refractivity contribution is 0.600. The molecule has 0 bridgehead atoms. The number of sulfonamides is 1. The minimum Gasteiger partial charge on any atom is -0.354 e. The zero-order valence-electron chi connectivity index (χ0n) is 14.7. The van der Waals surface area contributed by atoms with Gasteiger partial charge in [-0.05, 0) is 25.1 Å². The second-order valence-corrected chi connectivity index (χ2v) is 8.23. The molecule has 8 heteroatoms. The molecule has 0 saturated carbocycles. The van der Waals surface area contributed by atoms with Gasteiger partial charge in [-0.3, -0.25) is 9.40 Å². The Morgan fingerprint density at radius 2 is 1.81 bits per heavy atom. The molecule has 2 aromatic heterocycles. The molecule has 6 nitrogen and oxygen atoms in total. The largest absolute Gasteiger partial charge is 0.354 e. The van der Waals surface area contributed by atoms with Crippen LogP contribution in [-0.2, 0) is 17.1 Å². The molecular formula is C19H17ClN4O2S. The van der Waals surface area contributed by atoms with Crippen LogP contribution >= 0.6 is 11.6 Å². The van der Waals surface area contributed by atoms with Crippen molar-refractivity contribution in [3.05, 3.63) is 65.4 Å². The lowest BCUT2D eigenvalue weighted by Gasteiger charge is -2.12. The summed E-state index contributed by atoms with van der Waals surface area (Å²) in [5.41, 5.74) is 3.36. The Kier molecular flexibility index (Phi) is 4.20. The minimum absolute atomic E-state index is 0.0156. The molecule has 0 aliphatic rings. The highest BCUT2D eigenvalue weighted by atomic mass is 35.5. The van der Waals surface area contributed by atoms with Crippen molar-refractivity contribution in [3.63, 3.8) is 0 Å². The van der Waals surface area contributed by atoms with Gasteiger partial charge in [-0.1, -0.05) is 48.0 Å². The molecule has 0 aliphatic heterocycles. The quantitative estimate of drug-likeness (QED) is 0.535. The summed E-state index contributed by atoms with van der Waals surface area (Å²) < 4.78 is 29.9. The van der Waals surface area contributed by atoms with Crippen LogP contribution in [0.15, 0.2) is 59.5 Å². The van der Waals surface area contributed by atoms with E-state index in [2.05, 4.69) is 14.8 Å². The van der Waals surface area contributed by atoms with Gasteiger partial charge in [-0.15, -0.1) is 0 Å². The van der Waals surface area contributed by atoms with Gasteiger partial charge in [0.1, 0.15) is 10.0 Å². The first-order chi connectivity index (χ1) is 12.9. The number of rotatable bonds is 4. The number of benzene rings is 2. The van der Waals surface area contributed by atoms with E-state index in [4.69, 9.17) is 11.6 Å². The summed E-state index contributed by atoms with van der Waals surface area (Å²) in [5.74, 6) is 0. The zero-order chi connectivity index (χ0) is 19.2. The van der Waals surface area contributed by atoms with Gasteiger partial charge in [0.25, 0.3) is 10.0 Å². The van der Waals surface area contributed by atoms with Crippen LogP contribution in [-0.4, -0.2) is 23.2 Å². The molecule has 2 heterocycles. The van der Waals surface area contributed by atoms with Gasteiger partial charge in [0, 0.05) is 29.2 Å². The van der Waals surface area contributed by atoms with E-state index in [-0.39, 0.29) is 10.0 Å². The number of hydrogen-bond donors (Lipinski definition) is 2. The summed E-state index contributed by atoms with van der Waals surface area (Å²) in [6, 6.07) is 17.1. The number of aryl methyl sites for hydroxylation is 2. The molecule has 0 unspecified atom stereocenters. The molecule has 0 aliphatic carbocycles. The van der Waals surface area contributed by atoms with Gasteiger partial charge in [0.05, 0.1) is 11.4 Å². The van der Waals surface area contributed by atoms with Gasteiger partial charge in [-0.25, -0.2) is 8.42 Å². The van der Waals surface area contributed by atoms with Crippen LogP contribution in [0.5, 0.6) is 0 Å². The third kappa shape index (κ3) is 3.09. The monoisotopic (exact) mass is 400 g/mol. The van der Waals surface area contributed by atoms with E-state index < -0.39 is 10.0 Å². The van der Waals surface area contributed by atoms with E-state index >= 15 is 0 Å². The van der Waals surface area contributed by atoms with Crippen molar-refractivity contribution >= 4 is 38.2 Å². The molecule has 0 amide bonds. The fourth-order valence-corrected chi connectivity index (χ4v) is 4.97. The summed E-state index contributed by atoms with van der Waals surface area (Å²) in [6.07, 6.45) is 0. The average Bonchev–Trinajstić information content (AvgIpc) is 3.16. The van der Waals surface area contributed by atoms with Gasteiger partial charge >= 0.3 is 0 Å². The number of aromatic amines is 1. The van der Waals surface area contributed by atoms with Crippen LogP contribution < -0.4 is 4.72 Å². The van der Waals surface area contributed by atoms with Gasteiger partial charge in [0.15, 0.2) is 0 Å². The van der Waals surface area contributed by atoms with Crippen LogP contribution in [0.3, 0.4) is 0 Å². The first-order valence-electron chi connectivity index (χ1n) is 8.26. The number of anilines is 1. The molecule has 27 heavy (non-hydrogen) atoms. The Hall–Kier alpha value is -2.77. The maximum Gasteiger partial charge on any atom is 0.266 e. The highest BCUT2D eigenvalue weighted by Crippen LogP contribution is 2.33. The number of fused-ring (bicyclic) bond motifs is 1. The second kappa shape index (κ2) is 6.44. The van der Waals surface area contributed by atoms with E-state index in [1.54, 1.807) is 26.1 Å². The van der Waals surface area contributed by atoms with Crippen LogP contribution in [0.25, 0.3) is 22.2 Å². The van der Waals surface area contributed by atoms with Crippen molar-refractivity contribution in [1.82, 2.24) is 14.8 Å². The SMILES string of the molecule is Cc1nn(C)c(Cl)c1S(=O)(=O)Nc1ccccc1-c1cc2ccccc2[nH]1. The summed E-state index contributed by atoms with van der Waals surface area (Å²) in [4.78, 5) is 3.31. The Morgan fingerprint density at radius 3 is 2.52 bits per heavy atom. The number of hydrogen-bond acceptors (Lipinski definition) is 3. The predicted octanol–water partition coefficient (Wildman–Crippen LogP) is 4.33. The molecule has 4 rings (SSSR count). The number of nitrogens with zero attached hydrogens (tertiary/aromatic N) is 2. The summed E-state index contributed by atoms with van der Waals surface area (Å²) in [7, 11) is -2.29. The Labute approximate surface area is 161 Å². The van der Waals surface area contributed by atoms with Crippen molar-refractivity contribution in [3.8, 4) is 11.3 Å². The highest BCUT2D eigenvalue weighted by molar-refractivity contribution is 7.93. The molecule has 138 valence electrons. The van der Waals surface area contributed by atoms with Gasteiger partial charge in [-0.2, -0.15) is 5.10 Å². The van der Waals surface area contributed by atoms with Crippen molar-refractivity contribution in [2.75, 3.05) is 4.72 Å².